The van der Waals surface area contributed by atoms with E-state index in [1.165, 1.54) is 38.5 Å². The summed E-state index contributed by atoms with van der Waals surface area (Å²) in [4.78, 5) is 4.28. The van der Waals surface area contributed by atoms with Gasteiger partial charge in [-0.15, -0.1) is 0 Å². The summed E-state index contributed by atoms with van der Waals surface area (Å²) in [6.07, 6.45) is 13.1. The van der Waals surface area contributed by atoms with Gasteiger partial charge in [-0.05, 0) is 44.2 Å². The van der Waals surface area contributed by atoms with E-state index in [0.717, 1.165) is 23.7 Å². The van der Waals surface area contributed by atoms with Gasteiger partial charge in [0.15, 0.2) is 0 Å². The number of nitrogens with one attached hydrogen (secondary N) is 1. The van der Waals surface area contributed by atoms with Crippen molar-refractivity contribution >= 4 is 0 Å². The second kappa shape index (κ2) is 8.35. The zero-order valence-electron chi connectivity index (χ0n) is 13.3. The van der Waals surface area contributed by atoms with Gasteiger partial charge in [0.1, 0.15) is 5.75 Å². The van der Waals surface area contributed by atoms with Crippen molar-refractivity contribution < 1.29 is 4.74 Å². The molecule has 21 heavy (non-hydrogen) atoms. The Morgan fingerprint density at radius 2 is 2.05 bits per heavy atom. The lowest BCUT2D eigenvalue weighted by Crippen LogP contribution is -2.28. The average Bonchev–Trinajstić information content (AvgIpc) is 2.49. The monoisotopic (exact) mass is 291 g/mol. The quantitative estimate of drug-likeness (QED) is 0.593. The van der Waals surface area contributed by atoms with Crippen LogP contribution >= 0.6 is 0 Å². The molecule has 1 unspecified atom stereocenters. The van der Waals surface area contributed by atoms with E-state index in [4.69, 9.17) is 10.6 Å². The lowest BCUT2D eigenvalue weighted by atomic mass is 9.84. The van der Waals surface area contributed by atoms with Crippen molar-refractivity contribution in [2.75, 3.05) is 0 Å². The van der Waals surface area contributed by atoms with Crippen LogP contribution in [-0.4, -0.2) is 11.1 Å². The van der Waals surface area contributed by atoms with Crippen LogP contribution in [0.1, 0.15) is 70.4 Å². The van der Waals surface area contributed by atoms with E-state index in [9.17, 15) is 0 Å². The summed E-state index contributed by atoms with van der Waals surface area (Å²) in [6, 6.07) is 2.22. The van der Waals surface area contributed by atoms with E-state index in [1.807, 2.05) is 20.0 Å². The second-order valence-corrected chi connectivity index (χ2v) is 6.42. The molecule has 0 saturated heterocycles. The van der Waals surface area contributed by atoms with Crippen LogP contribution in [0.5, 0.6) is 5.75 Å². The molecule has 118 valence electrons. The van der Waals surface area contributed by atoms with Crippen molar-refractivity contribution in [2.24, 2.45) is 11.8 Å². The molecule has 4 heteroatoms. The van der Waals surface area contributed by atoms with Crippen molar-refractivity contribution in [3.05, 3.63) is 24.0 Å². The van der Waals surface area contributed by atoms with E-state index in [1.54, 1.807) is 6.20 Å². The Labute approximate surface area is 128 Å². The highest BCUT2D eigenvalue weighted by molar-refractivity contribution is 5.26. The summed E-state index contributed by atoms with van der Waals surface area (Å²) in [6.45, 7) is 4.04. The van der Waals surface area contributed by atoms with Gasteiger partial charge in [0.2, 0.25) is 0 Å². The van der Waals surface area contributed by atoms with Gasteiger partial charge in [0.05, 0.1) is 12.3 Å². The molecule has 0 bridgehead atoms. The first-order chi connectivity index (χ1) is 10.2. The lowest BCUT2D eigenvalue weighted by molar-refractivity contribution is 0.241. The molecule has 0 radical (unpaired) electrons. The van der Waals surface area contributed by atoms with Crippen molar-refractivity contribution in [3.63, 3.8) is 0 Å². The van der Waals surface area contributed by atoms with Crippen molar-refractivity contribution in [3.8, 4) is 5.75 Å². The van der Waals surface area contributed by atoms with Crippen LogP contribution in [-0.2, 0) is 0 Å². The number of hydrogen-bond acceptors (Lipinski definition) is 4. The molecule has 1 atom stereocenters. The number of nitrogens with two attached hydrogens (primary N) is 1. The summed E-state index contributed by atoms with van der Waals surface area (Å²) >= 11 is 0. The van der Waals surface area contributed by atoms with Crippen LogP contribution in [0.3, 0.4) is 0 Å². The van der Waals surface area contributed by atoms with Gasteiger partial charge in [0.25, 0.3) is 0 Å². The van der Waals surface area contributed by atoms with E-state index >= 15 is 0 Å². The van der Waals surface area contributed by atoms with E-state index in [-0.39, 0.29) is 12.1 Å². The number of hydrogen-bond donors (Lipinski definition) is 2. The normalized spacial score (nSPS) is 17.9. The first kappa shape index (κ1) is 16.2. The molecule has 0 amide bonds. The van der Waals surface area contributed by atoms with Crippen molar-refractivity contribution in [1.82, 2.24) is 10.4 Å². The number of hydrazine groups is 1. The molecule has 1 heterocycles. The number of nitrogens with zero attached hydrogens (tertiary/aromatic N) is 1. The molecular formula is C17H29N3O. The Morgan fingerprint density at radius 1 is 1.29 bits per heavy atom. The molecule has 1 fully saturated rings. The summed E-state index contributed by atoms with van der Waals surface area (Å²) in [5, 5.41) is 0. The van der Waals surface area contributed by atoms with E-state index < -0.39 is 0 Å². The van der Waals surface area contributed by atoms with Crippen LogP contribution in [0.4, 0.5) is 0 Å². The third-order valence-corrected chi connectivity index (χ3v) is 4.30. The maximum atomic E-state index is 5.75. The third-order valence-electron chi connectivity index (χ3n) is 4.30. The summed E-state index contributed by atoms with van der Waals surface area (Å²) in [5.74, 6) is 7.45. The van der Waals surface area contributed by atoms with Gasteiger partial charge in [0, 0.05) is 12.2 Å². The highest BCUT2D eigenvalue weighted by Crippen LogP contribution is 2.30. The Hall–Kier alpha value is -1.13. The van der Waals surface area contributed by atoms with E-state index in [2.05, 4.69) is 16.5 Å². The first-order valence-electron chi connectivity index (χ1n) is 8.26. The van der Waals surface area contributed by atoms with Crippen LogP contribution < -0.4 is 16.0 Å². The van der Waals surface area contributed by atoms with Crippen LogP contribution in [0, 0.1) is 5.92 Å². The standard InChI is InChI=1S/C17H29N3O/c1-13(2)21-16-10-15(11-19-12-16)17(20-18)9-8-14-6-4-3-5-7-14/h10-14,17,20H,3-9,18H2,1-2H3. The SMILES string of the molecule is CC(C)Oc1cncc(C(CCC2CCCCC2)NN)c1. The molecule has 1 aliphatic carbocycles. The minimum Gasteiger partial charge on any atom is -0.489 e. The summed E-state index contributed by atoms with van der Waals surface area (Å²) in [5.41, 5.74) is 4.06. The summed E-state index contributed by atoms with van der Waals surface area (Å²) in [7, 11) is 0. The fraction of sp³-hybridized carbons (Fsp3) is 0.706. The molecule has 1 aromatic heterocycles. The van der Waals surface area contributed by atoms with Gasteiger partial charge in [-0.2, -0.15) is 0 Å². The van der Waals surface area contributed by atoms with Crippen molar-refractivity contribution in [1.29, 1.82) is 0 Å². The molecular weight excluding hydrogens is 262 g/mol. The van der Waals surface area contributed by atoms with Gasteiger partial charge in [-0.3, -0.25) is 16.3 Å². The third kappa shape index (κ3) is 5.29. The number of ether oxygens (including phenoxy) is 1. The predicted octanol–water partition coefficient (Wildman–Crippen LogP) is 3.73. The Morgan fingerprint density at radius 3 is 2.71 bits per heavy atom. The lowest BCUT2D eigenvalue weighted by Gasteiger charge is -2.24. The minimum absolute atomic E-state index is 0.161. The van der Waals surface area contributed by atoms with Gasteiger partial charge < -0.3 is 4.74 Å². The minimum atomic E-state index is 0.161. The van der Waals surface area contributed by atoms with Crippen molar-refractivity contribution in [2.45, 2.75) is 70.9 Å². The molecule has 3 N–H and O–H groups in total. The van der Waals surface area contributed by atoms with Gasteiger partial charge in [-0.25, -0.2) is 0 Å². The van der Waals surface area contributed by atoms with Crippen LogP contribution in [0.2, 0.25) is 0 Å². The highest BCUT2D eigenvalue weighted by Gasteiger charge is 2.17. The van der Waals surface area contributed by atoms with Crippen LogP contribution in [0.25, 0.3) is 0 Å². The highest BCUT2D eigenvalue weighted by atomic mass is 16.5. The van der Waals surface area contributed by atoms with E-state index in [0.29, 0.717) is 0 Å². The molecule has 0 aliphatic heterocycles. The maximum Gasteiger partial charge on any atom is 0.138 e. The molecule has 0 aromatic carbocycles. The van der Waals surface area contributed by atoms with Gasteiger partial charge in [-0.1, -0.05) is 32.1 Å². The average molecular weight is 291 g/mol. The number of aromatic nitrogens is 1. The number of pyridine rings is 1. The molecule has 1 aliphatic rings. The fourth-order valence-electron chi connectivity index (χ4n) is 3.19. The molecule has 0 spiro atoms. The zero-order valence-corrected chi connectivity index (χ0v) is 13.3. The zero-order chi connectivity index (χ0) is 15.1. The van der Waals surface area contributed by atoms with Crippen LogP contribution in [0.15, 0.2) is 18.5 Å². The molecule has 1 saturated carbocycles. The summed E-state index contributed by atoms with van der Waals surface area (Å²) < 4.78 is 5.71. The number of rotatable bonds is 7. The Bertz CT molecular complexity index is 416. The second-order valence-electron chi connectivity index (χ2n) is 6.42. The first-order valence-corrected chi connectivity index (χ1v) is 8.26. The predicted molar refractivity (Wildman–Crippen MR) is 85.9 cm³/mol. The molecule has 2 rings (SSSR count). The Balaban J connectivity index is 1.92. The largest absolute Gasteiger partial charge is 0.489 e. The molecule has 4 nitrogen and oxygen atoms in total. The molecule has 1 aromatic rings. The smallest absolute Gasteiger partial charge is 0.138 e. The maximum absolute atomic E-state index is 5.75. The fourth-order valence-corrected chi connectivity index (χ4v) is 3.19. The topological polar surface area (TPSA) is 60.2 Å². The Kier molecular flexibility index (Phi) is 6.46. The van der Waals surface area contributed by atoms with Gasteiger partial charge >= 0.3 is 0 Å².